The molecular weight excluding hydrogens is 307 g/mol. The molecule has 0 fully saturated rings. The van der Waals surface area contributed by atoms with Gasteiger partial charge in [-0.1, -0.05) is 12.1 Å². The van der Waals surface area contributed by atoms with Crippen molar-refractivity contribution in [2.45, 2.75) is 9.79 Å². The van der Waals surface area contributed by atoms with E-state index >= 15 is 0 Å². The van der Waals surface area contributed by atoms with Crippen LogP contribution < -0.4 is 10.9 Å². The molecule has 0 saturated heterocycles. The minimum atomic E-state index is -0.365. The first-order valence-electron chi connectivity index (χ1n) is 5.90. The molecule has 3 aromatic rings. The quantitative estimate of drug-likeness (QED) is 0.408. The minimum Gasteiger partial charge on any atom is -0.421 e. The summed E-state index contributed by atoms with van der Waals surface area (Å²) in [6, 6.07) is 13.0. The molecule has 0 saturated carbocycles. The van der Waals surface area contributed by atoms with Crippen molar-refractivity contribution >= 4 is 50.8 Å². The Morgan fingerprint density at radius 2 is 1.70 bits per heavy atom. The first kappa shape index (κ1) is 13.7. The summed E-state index contributed by atoms with van der Waals surface area (Å²) in [5, 5.41) is 1.85. The van der Waals surface area contributed by atoms with E-state index in [0.717, 1.165) is 21.1 Å². The van der Waals surface area contributed by atoms with Crippen molar-refractivity contribution in [1.82, 2.24) is 0 Å². The van der Waals surface area contributed by atoms with Crippen LogP contribution in [0.3, 0.4) is 0 Å². The third-order valence-corrected chi connectivity index (χ3v) is 3.98. The van der Waals surface area contributed by atoms with Gasteiger partial charge in [0.25, 0.3) is 0 Å². The monoisotopic (exact) mass is 318 g/mol. The van der Waals surface area contributed by atoms with E-state index in [1.165, 1.54) is 0 Å². The molecule has 0 spiro atoms. The van der Waals surface area contributed by atoms with Crippen LogP contribution in [0.2, 0.25) is 0 Å². The maximum Gasteiger partial charge on any atom is 0.344 e. The molecular formula is C15H11O2PS2. The molecule has 0 radical (unpaired) electrons. The third-order valence-electron chi connectivity index (χ3n) is 3.01. The van der Waals surface area contributed by atoms with Gasteiger partial charge in [-0.05, 0) is 41.2 Å². The second-order valence-corrected chi connectivity index (χ2v) is 6.12. The highest BCUT2D eigenvalue weighted by atomic mass is 32.1. The average Bonchev–Trinajstić information content (AvgIpc) is 2.40. The smallest absolute Gasteiger partial charge is 0.344 e. The van der Waals surface area contributed by atoms with Gasteiger partial charge in [-0.25, -0.2) is 4.79 Å². The van der Waals surface area contributed by atoms with Crippen LogP contribution in [-0.2, 0) is 0 Å². The molecule has 1 aromatic heterocycles. The van der Waals surface area contributed by atoms with Gasteiger partial charge in [0.05, 0.1) is 5.56 Å². The molecule has 2 aromatic carbocycles. The summed E-state index contributed by atoms with van der Waals surface area (Å²) in [5.41, 5.74) is 1.50. The predicted molar refractivity (Wildman–Crippen MR) is 91.8 cm³/mol. The first-order chi connectivity index (χ1) is 9.54. The Bertz CT molecular complexity index is 854. The zero-order valence-corrected chi connectivity index (χ0v) is 13.3. The second-order valence-electron chi connectivity index (χ2n) is 4.45. The SMILES string of the molecule is O=c1oc2c(S)cc(P)cc2cc1-c1ccc(S)cc1. The summed E-state index contributed by atoms with van der Waals surface area (Å²) in [6.45, 7) is 0. The van der Waals surface area contributed by atoms with Gasteiger partial charge in [0.15, 0.2) is 5.58 Å². The molecule has 0 aliphatic rings. The van der Waals surface area contributed by atoms with E-state index in [4.69, 9.17) is 4.42 Å². The highest BCUT2D eigenvalue weighted by molar-refractivity contribution is 7.80. The van der Waals surface area contributed by atoms with E-state index in [2.05, 4.69) is 34.5 Å². The Kier molecular flexibility index (Phi) is 3.63. The molecule has 1 atom stereocenters. The lowest BCUT2D eigenvalue weighted by Crippen LogP contribution is -2.04. The highest BCUT2D eigenvalue weighted by Crippen LogP contribution is 2.25. The van der Waals surface area contributed by atoms with E-state index in [-0.39, 0.29) is 5.63 Å². The summed E-state index contributed by atoms with van der Waals surface area (Å²) < 4.78 is 5.40. The molecule has 20 heavy (non-hydrogen) atoms. The van der Waals surface area contributed by atoms with Crippen LogP contribution in [0.15, 0.2) is 61.5 Å². The van der Waals surface area contributed by atoms with Crippen LogP contribution in [0.5, 0.6) is 0 Å². The minimum absolute atomic E-state index is 0.365. The van der Waals surface area contributed by atoms with Gasteiger partial charge in [0, 0.05) is 15.2 Å². The highest BCUT2D eigenvalue weighted by Gasteiger charge is 2.10. The van der Waals surface area contributed by atoms with Crippen LogP contribution >= 0.6 is 34.5 Å². The van der Waals surface area contributed by atoms with Gasteiger partial charge in [-0.2, -0.15) is 0 Å². The lowest BCUT2D eigenvalue weighted by molar-refractivity contribution is 0.557. The number of hydrogen-bond donors (Lipinski definition) is 2. The molecule has 0 aliphatic carbocycles. The van der Waals surface area contributed by atoms with E-state index in [1.807, 2.05) is 42.5 Å². The van der Waals surface area contributed by atoms with E-state index in [9.17, 15) is 4.79 Å². The fourth-order valence-corrected chi connectivity index (χ4v) is 3.04. The van der Waals surface area contributed by atoms with Gasteiger partial charge >= 0.3 is 5.63 Å². The van der Waals surface area contributed by atoms with E-state index in [1.54, 1.807) is 0 Å². The van der Waals surface area contributed by atoms with Crippen LogP contribution in [0, 0.1) is 0 Å². The number of hydrogen-bond acceptors (Lipinski definition) is 4. The largest absolute Gasteiger partial charge is 0.421 e. The lowest BCUT2D eigenvalue weighted by atomic mass is 10.1. The molecule has 3 rings (SSSR count). The van der Waals surface area contributed by atoms with Crippen LogP contribution in [0.25, 0.3) is 22.1 Å². The van der Waals surface area contributed by atoms with Crippen molar-refractivity contribution in [3.05, 3.63) is 52.9 Å². The van der Waals surface area contributed by atoms with E-state index in [0.29, 0.717) is 16.0 Å². The van der Waals surface area contributed by atoms with Crippen LogP contribution in [0.1, 0.15) is 0 Å². The Hall–Kier alpha value is -1.22. The van der Waals surface area contributed by atoms with Gasteiger partial charge in [0.2, 0.25) is 0 Å². The summed E-state index contributed by atoms with van der Waals surface area (Å²) >= 11 is 8.59. The lowest BCUT2D eigenvalue weighted by Gasteiger charge is -2.05. The van der Waals surface area contributed by atoms with Crippen molar-refractivity contribution in [2.75, 3.05) is 0 Å². The molecule has 1 heterocycles. The van der Waals surface area contributed by atoms with Crippen LogP contribution in [0.4, 0.5) is 0 Å². The number of thiol groups is 2. The second kappa shape index (κ2) is 5.28. The topological polar surface area (TPSA) is 30.2 Å². The number of fused-ring (bicyclic) bond motifs is 1. The number of rotatable bonds is 1. The predicted octanol–water partition coefficient (Wildman–Crippen LogP) is 3.54. The number of benzene rings is 2. The van der Waals surface area contributed by atoms with Gasteiger partial charge in [-0.3, -0.25) is 0 Å². The fraction of sp³-hybridized carbons (Fsp3) is 0. The Balaban J connectivity index is 2.29. The first-order valence-corrected chi connectivity index (χ1v) is 7.37. The summed E-state index contributed by atoms with van der Waals surface area (Å²) in [6.07, 6.45) is 0. The standard InChI is InChI=1S/C15H11O2PS2/c16-15-12(8-1-3-11(19)4-2-8)6-9-5-10(18)7-13(20)14(9)17-15/h1-7,19-20H,18H2. The Labute approximate surface area is 129 Å². The summed E-state index contributed by atoms with van der Waals surface area (Å²) in [4.78, 5) is 13.6. The van der Waals surface area contributed by atoms with Crippen molar-refractivity contribution in [1.29, 1.82) is 0 Å². The molecule has 0 N–H and O–H groups in total. The normalized spacial score (nSPS) is 10.9. The Morgan fingerprint density at radius 3 is 2.40 bits per heavy atom. The molecule has 1 unspecified atom stereocenters. The van der Waals surface area contributed by atoms with Crippen molar-refractivity contribution in [3.63, 3.8) is 0 Å². The molecule has 0 bridgehead atoms. The zero-order valence-electron chi connectivity index (χ0n) is 10.3. The van der Waals surface area contributed by atoms with Gasteiger partial charge in [0.1, 0.15) is 0 Å². The van der Waals surface area contributed by atoms with Crippen molar-refractivity contribution in [3.8, 4) is 11.1 Å². The summed E-state index contributed by atoms with van der Waals surface area (Å²) in [7, 11) is 2.62. The fourth-order valence-electron chi connectivity index (χ4n) is 2.08. The van der Waals surface area contributed by atoms with Crippen molar-refractivity contribution < 1.29 is 4.42 Å². The maximum atomic E-state index is 12.1. The summed E-state index contributed by atoms with van der Waals surface area (Å²) in [5.74, 6) is 0. The van der Waals surface area contributed by atoms with Crippen molar-refractivity contribution in [2.24, 2.45) is 0 Å². The molecule has 100 valence electrons. The molecule has 0 aliphatic heterocycles. The molecule has 0 amide bonds. The van der Waals surface area contributed by atoms with E-state index < -0.39 is 0 Å². The van der Waals surface area contributed by atoms with Crippen LogP contribution in [-0.4, -0.2) is 0 Å². The zero-order chi connectivity index (χ0) is 14.3. The molecule has 5 heteroatoms. The maximum absolute atomic E-state index is 12.1. The van der Waals surface area contributed by atoms with Gasteiger partial charge < -0.3 is 4.42 Å². The Morgan fingerprint density at radius 1 is 1.00 bits per heavy atom. The van der Waals surface area contributed by atoms with Gasteiger partial charge in [-0.15, -0.1) is 34.5 Å². The average molecular weight is 318 g/mol. The molecule has 2 nitrogen and oxygen atoms in total. The third kappa shape index (κ3) is 2.51.